The van der Waals surface area contributed by atoms with E-state index in [2.05, 4.69) is 29.4 Å². The zero-order valence-corrected chi connectivity index (χ0v) is 19.4. The average Bonchev–Trinajstić information content (AvgIpc) is 3.12. The zero-order chi connectivity index (χ0) is 22.5. The first-order valence-corrected chi connectivity index (χ1v) is 11.8. The summed E-state index contributed by atoms with van der Waals surface area (Å²) in [5, 5.41) is 12.1. The quantitative estimate of drug-likeness (QED) is 0.537. The Kier molecular flexibility index (Phi) is 6.99. The Balaban J connectivity index is 1.44. The van der Waals surface area contributed by atoms with Crippen LogP contribution in [0.25, 0.3) is 5.69 Å². The van der Waals surface area contributed by atoms with Gasteiger partial charge in [-0.1, -0.05) is 49.9 Å². The molecule has 7 nitrogen and oxygen atoms in total. The minimum Gasteiger partial charge on any atom is -0.490 e. The summed E-state index contributed by atoms with van der Waals surface area (Å²) in [7, 11) is 0. The van der Waals surface area contributed by atoms with E-state index < -0.39 is 0 Å². The second kappa shape index (κ2) is 10.1. The number of ether oxygens (including phenoxy) is 2. The molecular weight excluding hydrogens is 424 g/mol. The van der Waals surface area contributed by atoms with Gasteiger partial charge in [0.05, 0.1) is 30.7 Å². The van der Waals surface area contributed by atoms with Crippen LogP contribution in [0.5, 0.6) is 11.5 Å². The molecule has 8 heteroatoms. The predicted molar refractivity (Wildman–Crippen MR) is 125 cm³/mol. The number of thioether (sulfide) groups is 1. The van der Waals surface area contributed by atoms with Gasteiger partial charge in [0.25, 0.3) is 0 Å². The van der Waals surface area contributed by atoms with E-state index in [-0.39, 0.29) is 23.6 Å². The SMILES string of the molecule is Cc1ccccc1-n1cnnc1SCC(=O)N[C@H](c1ccc2c(c1)OCCCO2)C(C)C. The average molecular weight is 453 g/mol. The van der Waals surface area contributed by atoms with E-state index in [1.54, 1.807) is 6.33 Å². The minimum atomic E-state index is -0.130. The Bertz CT molecular complexity index is 1080. The van der Waals surface area contributed by atoms with Crippen LogP contribution in [0.15, 0.2) is 53.9 Å². The molecule has 1 aliphatic rings. The lowest BCUT2D eigenvalue weighted by atomic mass is 9.95. The van der Waals surface area contributed by atoms with E-state index in [1.807, 2.05) is 54.0 Å². The summed E-state index contributed by atoms with van der Waals surface area (Å²) in [5.74, 6) is 1.90. The molecule has 0 spiro atoms. The molecule has 1 atom stereocenters. The third kappa shape index (κ3) is 5.07. The van der Waals surface area contributed by atoms with E-state index in [1.165, 1.54) is 11.8 Å². The monoisotopic (exact) mass is 452 g/mol. The molecule has 0 aliphatic carbocycles. The standard InChI is InChI=1S/C24H28N4O3S/c1-16(2)23(18-9-10-20-21(13-18)31-12-6-11-30-20)26-22(29)14-32-24-27-25-15-28(24)19-8-5-4-7-17(19)3/h4-5,7-10,13,15-16,23H,6,11-12,14H2,1-3H3,(H,26,29)/t23-/m0/s1. The fourth-order valence-electron chi connectivity index (χ4n) is 3.68. The van der Waals surface area contributed by atoms with Gasteiger partial charge in [0, 0.05) is 6.42 Å². The van der Waals surface area contributed by atoms with Crippen LogP contribution in [-0.4, -0.2) is 39.6 Å². The van der Waals surface area contributed by atoms with Crippen LogP contribution in [0.4, 0.5) is 0 Å². The third-order valence-electron chi connectivity index (χ3n) is 5.34. The molecular formula is C24H28N4O3S. The van der Waals surface area contributed by atoms with Gasteiger partial charge >= 0.3 is 0 Å². The normalized spacial score (nSPS) is 14.1. The third-order valence-corrected chi connectivity index (χ3v) is 6.28. The van der Waals surface area contributed by atoms with Gasteiger partial charge in [-0.2, -0.15) is 0 Å². The number of para-hydroxylation sites is 1. The first-order chi connectivity index (χ1) is 15.5. The topological polar surface area (TPSA) is 78.3 Å². The summed E-state index contributed by atoms with van der Waals surface area (Å²) in [6, 6.07) is 13.8. The lowest BCUT2D eigenvalue weighted by molar-refractivity contribution is -0.119. The fourth-order valence-corrected chi connectivity index (χ4v) is 4.41. The number of nitrogens with zero attached hydrogens (tertiary/aromatic N) is 3. The number of hydrogen-bond donors (Lipinski definition) is 1. The van der Waals surface area contributed by atoms with Gasteiger partial charge in [-0.15, -0.1) is 10.2 Å². The molecule has 2 heterocycles. The van der Waals surface area contributed by atoms with Crippen LogP contribution in [0.1, 0.15) is 37.4 Å². The van der Waals surface area contributed by atoms with E-state index in [4.69, 9.17) is 9.47 Å². The van der Waals surface area contributed by atoms with Crippen molar-refractivity contribution in [3.63, 3.8) is 0 Å². The molecule has 4 rings (SSSR count). The highest BCUT2D eigenvalue weighted by molar-refractivity contribution is 7.99. The maximum absolute atomic E-state index is 12.8. The number of benzene rings is 2. The number of hydrogen-bond acceptors (Lipinski definition) is 6. The molecule has 0 fully saturated rings. The number of carbonyl (C=O) groups excluding carboxylic acids is 1. The summed E-state index contributed by atoms with van der Waals surface area (Å²) < 4.78 is 13.5. The van der Waals surface area contributed by atoms with Crippen LogP contribution in [0, 0.1) is 12.8 Å². The highest BCUT2D eigenvalue weighted by Crippen LogP contribution is 2.34. The Morgan fingerprint density at radius 1 is 1.16 bits per heavy atom. The van der Waals surface area contributed by atoms with Crippen molar-refractivity contribution in [2.24, 2.45) is 5.92 Å². The van der Waals surface area contributed by atoms with Gasteiger partial charge in [-0.05, 0) is 42.2 Å². The van der Waals surface area contributed by atoms with Crippen LogP contribution in [0.3, 0.4) is 0 Å². The van der Waals surface area contributed by atoms with Gasteiger partial charge in [0.2, 0.25) is 5.91 Å². The second-order valence-corrected chi connectivity index (χ2v) is 9.05. The molecule has 0 saturated heterocycles. The number of aromatic nitrogens is 3. The summed E-state index contributed by atoms with van der Waals surface area (Å²) in [6.45, 7) is 7.51. The Morgan fingerprint density at radius 3 is 2.72 bits per heavy atom. The van der Waals surface area contributed by atoms with Crippen molar-refractivity contribution in [3.05, 3.63) is 59.9 Å². The molecule has 2 aromatic carbocycles. The van der Waals surface area contributed by atoms with Crippen molar-refractivity contribution in [3.8, 4) is 17.2 Å². The van der Waals surface area contributed by atoms with Crippen LogP contribution >= 0.6 is 11.8 Å². The van der Waals surface area contributed by atoms with Gasteiger partial charge < -0.3 is 14.8 Å². The highest BCUT2D eigenvalue weighted by Gasteiger charge is 2.22. The Hall–Kier alpha value is -3.00. The fraction of sp³-hybridized carbons (Fsp3) is 0.375. The number of nitrogens with one attached hydrogen (secondary N) is 1. The Morgan fingerprint density at radius 2 is 1.94 bits per heavy atom. The van der Waals surface area contributed by atoms with E-state index in [0.29, 0.717) is 18.4 Å². The summed E-state index contributed by atoms with van der Waals surface area (Å²) >= 11 is 1.37. The van der Waals surface area contributed by atoms with Crippen LogP contribution in [0.2, 0.25) is 0 Å². The van der Waals surface area contributed by atoms with Crippen LogP contribution < -0.4 is 14.8 Å². The summed E-state index contributed by atoms with van der Waals surface area (Å²) in [6.07, 6.45) is 2.54. The van der Waals surface area contributed by atoms with Crippen molar-refractivity contribution in [1.82, 2.24) is 20.1 Å². The molecule has 0 bridgehead atoms. The first-order valence-electron chi connectivity index (χ1n) is 10.8. The second-order valence-electron chi connectivity index (χ2n) is 8.10. The largest absolute Gasteiger partial charge is 0.490 e. The summed E-state index contributed by atoms with van der Waals surface area (Å²) in [5.41, 5.74) is 3.13. The number of carbonyl (C=O) groups is 1. The molecule has 168 valence electrons. The van der Waals surface area contributed by atoms with E-state index in [0.717, 1.165) is 34.7 Å². The minimum absolute atomic E-state index is 0.0554. The van der Waals surface area contributed by atoms with Gasteiger partial charge in [0.15, 0.2) is 16.7 Å². The summed E-state index contributed by atoms with van der Waals surface area (Å²) in [4.78, 5) is 12.8. The molecule has 1 aliphatic heterocycles. The maximum Gasteiger partial charge on any atom is 0.230 e. The lowest BCUT2D eigenvalue weighted by Gasteiger charge is -2.24. The molecule has 0 radical (unpaired) electrons. The molecule has 1 N–H and O–H groups in total. The van der Waals surface area contributed by atoms with Crippen LogP contribution in [-0.2, 0) is 4.79 Å². The van der Waals surface area contributed by atoms with Gasteiger partial charge in [-0.25, -0.2) is 0 Å². The van der Waals surface area contributed by atoms with Crippen molar-refractivity contribution in [1.29, 1.82) is 0 Å². The molecule has 1 amide bonds. The van der Waals surface area contributed by atoms with Gasteiger partial charge in [-0.3, -0.25) is 9.36 Å². The smallest absolute Gasteiger partial charge is 0.230 e. The van der Waals surface area contributed by atoms with Crippen molar-refractivity contribution in [2.75, 3.05) is 19.0 Å². The van der Waals surface area contributed by atoms with Crippen molar-refractivity contribution in [2.45, 2.75) is 38.4 Å². The number of aryl methyl sites for hydroxylation is 1. The predicted octanol–water partition coefficient (Wildman–Crippen LogP) is 4.34. The maximum atomic E-state index is 12.8. The van der Waals surface area contributed by atoms with E-state index >= 15 is 0 Å². The van der Waals surface area contributed by atoms with E-state index in [9.17, 15) is 4.79 Å². The van der Waals surface area contributed by atoms with Gasteiger partial charge in [0.1, 0.15) is 6.33 Å². The zero-order valence-electron chi connectivity index (χ0n) is 18.6. The molecule has 32 heavy (non-hydrogen) atoms. The Labute approximate surface area is 192 Å². The number of fused-ring (bicyclic) bond motifs is 1. The highest BCUT2D eigenvalue weighted by atomic mass is 32.2. The van der Waals surface area contributed by atoms with Crippen molar-refractivity contribution >= 4 is 17.7 Å². The number of amides is 1. The molecule has 3 aromatic rings. The van der Waals surface area contributed by atoms with Crippen molar-refractivity contribution < 1.29 is 14.3 Å². The molecule has 0 unspecified atom stereocenters. The first kappa shape index (κ1) is 22.2. The number of rotatable bonds is 7. The molecule has 0 saturated carbocycles. The lowest BCUT2D eigenvalue weighted by Crippen LogP contribution is -2.33. The molecule has 1 aromatic heterocycles.